The third-order valence-electron chi connectivity index (χ3n) is 4.53. The Labute approximate surface area is 167 Å². The van der Waals surface area contributed by atoms with Crippen LogP contribution < -0.4 is 5.32 Å². The molecular weight excluding hydrogens is 393 g/mol. The highest BCUT2D eigenvalue weighted by atomic mass is 35.5. The molecule has 0 bridgehead atoms. The van der Waals surface area contributed by atoms with E-state index in [0.29, 0.717) is 18.2 Å². The molecule has 3 rings (SSSR count). The van der Waals surface area contributed by atoms with Gasteiger partial charge in [0.25, 0.3) is 5.91 Å². The molecule has 1 aliphatic rings. The van der Waals surface area contributed by atoms with Gasteiger partial charge >= 0.3 is 0 Å². The van der Waals surface area contributed by atoms with E-state index in [1.165, 1.54) is 25.7 Å². The molecule has 0 saturated heterocycles. The van der Waals surface area contributed by atoms with Crippen LogP contribution in [0.25, 0.3) is 0 Å². The van der Waals surface area contributed by atoms with Gasteiger partial charge in [-0.2, -0.15) is 0 Å². The fourth-order valence-electron chi connectivity index (χ4n) is 3.27. The highest BCUT2D eigenvalue weighted by molar-refractivity contribution is 7.98. The summed E-state index contributed by atoms with van der Waals surface area (Å²) in [6.07, 6.45) is 8.50. The molecule has 0 unspecified atom stereocenters. The number of aromatic nitrogens is 4. The molecule has 1 amide bonds. The molecule has 0 spiro atoms. The zero-order valence-electron chi connectivity index (χ0n) is 14.5. The summed E-state index contributed by atoms with van der Waals surface area (Å²) in [7, 11) is 0. The number of halogens is 2. The van der Waals surface area contributed by atoms with Crippen molar-refractivity contribution in [2.75, 3.05) is 12.8 Å². The van der Waals surface area contributed by atoms with E-state index in [0.717, 1.165) is 23.8 Å². The first-order chi connectivity index (χ1) is 12.6. The largest absolute Gasteiger partial charge is 0.352 e. The number of carbonyl (C=O) groups is 1. The van der Waals surface area contributed by atoms with Gasteiger partial charge in [0.05, 0.1) is 5.56 Å². The van der Waals surface area contributed by atoms with Crippen LogP contribution in [-0.4, -0.2) is 38.5 Å². The van der Waals surface area contributed by atoms with Crippen LogP contribution in [0.3, 0.4) is 0 Å². The van der Waals surface area contributed by atoms with Crippen LogP contribution in [0.5, 0.6) is 0 Å². The summed E-state index contributed by atoms with van der Waals surface area (Å²) in [5.41, 5.74) is 0.329. The quantitative estimate of drug-likeness (QED) is 0.418. The summed E-state index contributed by atoms with van der Waals surface area (Å²) in [6, 6.07) is 3.64. The van der Waals surface area contributed by atoms with Gasteiger partial charge in [-0.05, 0) is 37.7 Å². The van der Waals surface area contributed by atoms with Gasteiger partial charge in [-0.3, -0.25) is 4.79 Å². The number of pyridine rings is 1. The second kappa shape index (κ2) is 9.06. The van der Waals surface area contributed by atoms with Crippen molar-refractivity contribution in [3.8, 4) is 0 Å². The van der Waals surface area contributed by atoms with Gasteiger partial charge in [0.1, 0.15) is 16.1 Å². The van der Waals surface area contributed by atoms with E-state index in [1.54, 1.807) is 23.9 Å². The van der Waals surface area contributed by atoms with E-state index in [9.17, 15) is 4.79 Å². The van der Waals surface area contributed by atoms with E-state index in [-0.39, 0.29) is 16.2 Å². The van der Waals surface area contributed by atoms with Gasteiger partial charge in [-0.25, -0.2) is 4.98 Å². The molecule has 26 heavy (non-hydrogen) atoms. The standard InChI is InChI=1S/C17H21Cl2N5OS/c1-26-17-23-22-14(24(17)11-5-2-3-6-11)7-4-10-20-16(25)12-8-9-13(18)21-15(12)19/h8-9,11H,2-7,10H2,1H3,(H,20,25). The van der Waals surface area contributed by atoms with E-state index >= 15 is 0 Å². The Morgan fingerprint density at radius 3 is 2.77 bits per heavy atom. The van der Waals surface area contributed by atoms with Gasteiger partial charge in [0.15, 0.2) is 5.16 Å². The van der Waals surface area contributed by atoms with Crippen molar-refractivity contribution in [2.45, 2.75) is 49.7 Å². The minimum atomic E-state index is -0.249. The molecule has 1 saturated carbocycles. The second-order valence-electron chi connectivity index (χ2n) is 6.24. The lowest BCUT2D eigenvalue weighted by atomic mass is 10.2. The van der Waals surface area contributed by atoms with Crippen molar-refractivity contribution in [2.24, 2.45) is 0 Å². The Bertz CT molecular complexity index is 777. The molecule has 9 heteroatoms. The van der Waals surface area contributed by atoms with Crippen LogP contribution in [0.4, 0.5) is 0 Å². The van der Waals surface area contributed by atoms with Crippen molar-refractivity contribution in [1.29, 1.82) is 0 Å². The lowest BCUT2D eigenvalue weighted by molar-refractivity contribution is 0.0953. The summed E-state index contributed by atoms with van der Waals surface area (Å²) in [6.45, 7) is 0.532. The summed E-state index contributed by atoms with van der Waals surface area (Å²) < 4.78 is 2.29. The SMILES string of the molecule is CSc1nnc(CCCNC(=O)c2ccc(Cl)nc2Cl)n1C1CCCC1. The first-order valence-corrected chi connectivity index (χ1v) is 10.7. The van der Waals surface area contributed by atoms with E-state index in [1.807, 2.05) is 6.26 Å². The van der Waals surface area contributed by atoms with Gasteiger partial charge in [0, 0.05) is 19.0 Å². The van der Waals surface area contributed by atoms with Gasteiger partial charge in [0.2, 0.25) is 0 Å². The summed E-state index contributed by atoms with van der Waals surface area (Å²) in [4.78, 5) is 16.1. The zero-order chi connectivity index (χ0) is 18.5. The monoisotopic (exact) mass is 413 g/mol. The molecule has 140 valence electrons. The number of hydrogen-bond donors (Lipinski definition) is 1. The van der Waals surface area contributed by atoms with Gasteiger partial charge in [-0.15, -0.1) is 10.2 Å². The lowest BCUT2D eigenvalue weighted by Gasteiger charge is -2.16. The van der Waals surface area contributed by atoms with Crippen LogP contribution in [-0.2, 0) is 6.42 Å². The molecule has 2 aromatic rings. The predicted octanol–water partition coefficient (Wildman–Crippen LogP) is 4.18. The average Bonchev–Trinajstić information content (AvgIpc) is 3.27. The summed E-state index contributed by atoms with van der Waals surface area (Å²) >= 11 is 13.4. The van der Waals surface area contributed by atoms with Crippen LogP contribution in [0.2, 0.25) is 10.3 Å². The fourth-order valence-corrected chi connectivity index (χ4v) is 4.28. The fraction of sp³-hybridized carbons (Fsp3) is 0.529. The predicted molar refractivity (Wildman–Crippen MR) is 104 cm³/mol. The topological polar surface area (TPSA) is 72.7 Å². The third-order valence-corrected chi connectivity index (χ3v) is 5.67. The van der Waals surface area contributed by atoms with Crippen LogP contribution in [0, 0.1) is 0 Å². The molecule has 0 aliphatic heterocycles. The number of carbonyl (C=O) groups excluding carboxylic acids is 1. The zero-order valence-corrected chi connectivity index (χ0v) is 16.9. The molecule has 0 atom stereocenters. The van der Waals surface area contributed by atoms with Crippen LogP contribution in [0.15, 0.2) is 17.3 Å². The van der Waals surface area contributed by atoms with Crippen molar-refractivity contribution in [1.82, 2.24) is 25.1 Å². The Morgan fingerprint density at radius 1 is 1.31 bits per heavy atom. The lowest BCUT2D eigenvalue weighted by Crippen LogP contribution is -2.25. The molecule has 0 radical (unpaired) electrons. The molecule has 1 aliphatic carbocycles. The van der Waals surface area contributed by atoms with Gasteiger partial charge < -0.3 is 9.88 Å². The first-order valence-electron chi connectivity index (χ1n) is 8.68. The van der Waals surface area contributed by atoms with Crippen LogP contribution in [0.1, 0.15) is 54.3 Å². The first kappa shape index (κ1) is 19.5. The Balaban J connectivity index is 1.55. The number of amides is 1. The highest BCUT2D eigenvalue weighted by Gasteiger charge is 2.23. The number of thioether (sulfide) groups is 1. The average molecular weight is 414 g/mol. The minimum absolute atomic E-state index is 0.112. The number of nitrogens with one attached hydrogen (secondary N) is 1. The van der Waals surface area contributed by atoms with Crippen molar-refractivity contribution >= 4 is 40.9 Å². The summed E-state index contributed by atoms with van der Waals surface area (Å²) in [5, 5.41) is 12.9. The molecule has 0 aromatic carbocycles. The number of hydrogen-bond acceptors (Lipinski definition) is 5. The maximum absolute atomic E-state index is 12.2. The number of aryl methyl sites for hydroxylation is 1. The maximum atomic E-state index is 12.2. The van der Waals surface area contributed by atoms with E-state index < -0.39 is 0 Å². The normalized spacial score (nSPS) is 14.7. The second-order valence-corrected chi connectivity index (χ2v) is 7.76. The van der Waals surface area contributed by atoms with Gasteiger partial charge in [-0.1, -0.05) is 47.8 Å². The highest BCUT2D eigenvalue weighted by Crippen LogP contribution is 2.33. The molecule has 1 fully saturated rings. The van der Waals surface area contributed by atoms with Crippen molar-refractivity contribution < 1.29 is 4.79 Å². The molecular formula is C17H21Cl2N5OS. The smallest absolute Gasteiger partial charge is 0.254 e. The van der Waals surface area contributed by atoms with E-state index in [2.05, 4.69) is 25.1 Å². The van der Waals surface area contributed by atoms with Crippen molar-refractivity contribution in [3.63, 3.8) is 0 Å². The van der Waals surface area contributed by atoms with E-state index in [4.69, 9.17) is 23.2 Å². The van der Waals surface area contributed by atoms with Crippen LogP contribution >= 0.6 is 35.0 Å². The number of nitrogens with zero attached hydrogens (tertiary/aromatic N) is 4. The Hall–Kier alpha value is -1.31. The molecule has 2 aromatic heterocycles. The third kappa shape index (κ3) is 4.50. The minimum Gasteiger partial charge on any atom is -0.352 e. The van der Waals surface area contributed by atoms with Crippen molar-refractivity contribution in [3.05, 3.63) is 33.8 Å². The maximum Gasteiger partial charge on any atom is 0.254 e. The Morgan fingerprint density at radius 2 is 2.08 bits per heavy atom. The molecule has 2 heterocycles. The Kier molecular flexibility index (Phi) is 6.78. The number of rotatable bonds is 7. The molecule has 6 nitrogen and oxygen atoms in total. The molecule has 1 N–H and O–H groups in total. The summed E-state index contributed by atoms with van der Waals surface area (Å²) in [5.74, 6) is 0.753.